The van der Waals surface area contributed by atoms with Crippen LogP contribution in [-0.4, -0.2) is 43.9 Å². The zero-order chi connectivity index (χ0) is 25.7. The number of carbonyl (C=O) groups excluding carboxylic acids is 1. The van der Waals surface area contributed by atoms with Crippen LogP contribution in [0.15, 0.2) is 72.9 Å². The summed E-state index contributed by atoms with van der Waals surface area (Å²) in [5, 5.41) is 0.541. The van der Waals surface area contributed by atoms with Crippen LogP contribution >= 0.6 is 11.6 Å². The van der Waals surface area contributed by atoms with Crippen molar-refractivity contribution in [2.45, 2.75) is 38.5 Å². The van der Waals surface area contributed by atoms with Gasteiger partial charge in [-0.1, -0.05) is 54.1 Å². The van der Waals surface area contributed by atoms with Gasteiger partial charge in [0.1, 0.15) is 12.1 Å². The summed E-state index contributed by atoms with van der Waals surface area (Å²) >= 11 is 3.70. The maximum atomic E-state index is 13.0. The highest BCUT2D eigenvalue weighted by Crippen LogP contribution is 2.42. The van der Waals surface area contributed by atoms with Crippen molar-refractivity contribution in [2.24, 2.45) is 0 Å². The van der Waals surface area contributed by atoms with Crippen LogP contribution in [0.5, 0.6) is 5.88 Å². The predicted octanol–water partition coefficient (Wildman–Crippen LogP) is 5.40. The van der Waals surface area contributed by atoms with E-state index < -0.39 is 22.9 Å². The van der Waals surface area contributed by atoms with Gasteiger partial charge in [0.05, 0.1) is 24.5 Å². The Hall–Kier alpha value is -3.14. The van der Waals surface area contributed by atoms with Crippen LogP contribution in [0.25, 0.3) is 0 Å². The molecule has 1 fully saturated rings. The Labute approximate surface area is 218 Å². The molecule has 2 unspecified atom stereocenters. The molecular formula is C26H28ClN3O5S. The van der Waals surface area contributed by atoms with E-state index in [4.69, 9.17) is 21.1 Å². The molecule has 1 aromatic heterocycles. The summed E-state index contributed by atoms with van der Waals surface area (Å²) in [5.74, 6) is 0.413. The van der Waals surface area contributed by atoms with Crippen molar-refractivity contribution in [3.8, 4) is 5.88 Å². The Bertz CT molecular complexity index is 1190. The summed E-state index contributed by atoms with van der Waals surface area (Å²) in [6.45, 7) is 4.40. The summed E-state index contributed by atoms with van der Waals surface area (Å²) in [6, 6.07) is 19.8. The molecule has 36 heavy (non-hydrogen) atoms. The number of likely N-dealkylation sites (tertiary alicyclic amines) is 1. The number of nitrogens with zero attached hydrogens (tertiary/aromatic N) is 3. The number of rotatable bonds is 8. The molecule has 1 amide bonds. The van der Waals surface area contributed by atoms with E-state index in [9.17, 15) is 13.6 Å². The fourth-order valence-electron chi connectivity index (χ4n) is 4.33. The molecule has 1 saturated heterocycles. The second kappa shape index (κ2) is 11.3. The molecule has 1 aliphatic heterocycles. The average Bonchev–Trinajstić information content (AvgIpc) is 3.30. The molecule has 10 heteroatoms. The highest BCUT2D eigenvalue weighted by molar-refractivity contribution is 7.80. The Morgan fingerprint density at radius 2 is 1.89 bits per heavy atom. The lowest BCUT2D eigenvalue weighted by molar-refractivity contribution is 0.102. The summed E-state index contributed by atoms with van der Waals surface area (Å²) in [4.78, 5) is 18.8. The molecule has 0 aliphatic carbocycles. The van der Waals surface area contributed by atoms with Gasteiger partial charge in [0.2, 0.25) is 5.88 Å². The van der Waals surface area contributed by atoms with E-state index in [2.05, 4.69) is 4.98 Å². The van der Waals surface area contributed by atoms with Crippen molar-refractivity contribution in [3.05, 3.63) is 89.1 Å². The molecule has 3 aromatic rings. The first-order valence-electron chi connectivity index (χ1n) is 11.5. The Morgan fingerprint density at radius 3 is 2.50 bits per heavy atom. The number of aromatic nitrogens is 1. The van der Waals surface area contributed by atoms with Crippen molar-refractivity contribution in [2.75, 3.05) is 17.4 Å². The molecule has 2 atom stereocenters. The van der Waals surface area contributed by atoms with Crippen molar-refractivity contribution in [1.29, 1.82) is 0 Å². The number of amides is 1. The van der Waals surface area contributed by atoms with Gasteiger partial charge in [-0.25, -0.2) is 14.0 Å². The third-order valence-electron chi connectivity index (χ3n) is 5.95. The molecule has 1 N–H and O–H groups in total. The van der Waals surface area contributed by atoms with Crippen LogP contribution in [0, 0.1) is 0 Å². The molecule has 8 nitrogen and oxygen atoms in total. The monoisotopic (exact) mass is 529 g/mol. The molecule has 0 spiro atoms. The van der Waals surface area contributed by atoms with Gasteiger partial charge in [-0.3, -0.25) is 8.86 Å². The number of anilines is 1. The molecular weight excluding hydrogens is 502 g/mol. The molecule has 0 radical (unpaired) electrons. The highest BCUT2D eigenvalue weighted by atomic mass is 35.5. The minimum Gasteiger partial charge on any atom is -0.475 e. The van der Waals surface area contributed by atoms with Gasteiger partial charge >= 0.3 is 6.09 Å². The standard InChI is InChI=1S/C26H28ClN3O5S/c1-19(2)35-24-13-12-23(16-28-24)30(36(32)33)26(21-8-10-22(27)11-9-21)14-15-29(18-26)25(31)34-17-20-6-4-3-5-7-20/h3-13,16,19H,14-15,17-18H2,1-2H3,(H,32,33). The molecule has 190 valence electrons. The first-order valence-corrected chi connectivity index (χ1v) is 13.0. The van der Waals surface area contributed by atoms with Gasteiger partial charge < -0.3 is 14.4 Å². The van der Waals surface area contributed by atoms with Gasteiger partial charge in [-0.2, -0.15) is 0 Å². The first-order chi connectivity index (χ1) is 17.3. The summed E-state index contributed by atoms with van der Waals surface area (Å²) in [5.41, 5.74) is 1.02. The Morgan fingerprint density at radius 1 is 1.17 bits per heavy atom. The van der Waals surface area contributed by atoms with E-state index in [1.807, 2.05) is 56.3 Å². The van der Waals surface area contributed by atoms with E-state index in [1.165, 1.54) is 10.5 Å². The maximum Gasteiger partial charge on any atom is 0.410 e. The minimum absolute atomic E-state index is 0.0582. The number of halogens is 1. The summed E-state index contributed by atoms with van der Waals surface area (Å²) in [7, 11) is 0. The summed E-state index contributed by atoms with van der Waals surface area (Å²) < 4.78 is 35.8. The molecule has 4 rings (SSSR count). The van der Waals surface area contributed by atoms with E-state index in [0.717, 1.165) is 11.1 Å². The lowest BCUT2D eigenvalue weighted by atomic mass is 9.88. The van der Waals surface area contributed by atoms with Crippen molar-refractivity contribution < 1.29 is 23.0 Å². The quantitative estimate of drug-likeness (QED) is 0.393. The van der Waals surface area contributed by atoms with Crippen molar-refractivity contribution in [1.82, 2.24) is 9.88 Å². The Balaban J connectivity index is 1.64. The topological polar surface area (TPSA) is 92.2 Å². The van der Waals surface area contributed by atoms with E-state index in [1.54, 1.807) is 29.2 Å². The van der Waals surface area contributed by atoms with Gasteiger partial charge in [0, 0.05) is 17.6 Å². The second-order valence-corrected chi connectivity index (χ2v) is 10.1. The minimum atomic E-state index is -2.43. The lowest BCUT2D eigenvalue weighted by Crippen LogP contribution is -2.50. The fraction of sp³-hybridized carbons (Fsp3) is 0.308. The van der Waals surface area contributed by atoms with Gasteiger partial charge in [0.25, 0.3) is 11.3 Å². The van der Waals surface area contributed by atoms with Gasteiger partial charge in [-0.15, -0.1) is 0 Å². The summed E-state index contributed by atoms with van der Waals surface area (Å²) in [6.07, 6.45) is 1.35. The van der Waals surface area contributed by atoms with E-state index >= 15 is 0 Å². The van der Waals surface area contributed by atoms with Crippen molar-refractivity contribution in [3.63, 3.8) is 0 Å². The molecule has 0 saturated carbocycles. The highest BCUT2D eigenvalue weighted by Gasteiger charge is 2.49. The lowest BCUT2D eigenvalue weighted by Gasteiger charge is -2.40. The predicted molar refractivity (Wildman–Crippen MR) is 139 cm³/mol. The smallest absolute Gasteiger partial charge is 0.410 e. The third-order valence-corrected chi connectivity index (χ3v) is 7.07. The van der Waals surface area contributed by atoms with Crippen LogP contribution in [0.1, 0.15) is 31.4 Å². The van der Waals surface area contributed by atoms with Gasteiger partial charge in [0.15, 0.2) is 0 Å². The van der Waals surface area contributed by atoms with Crippen LogP contribution < -0.4 is 9.04 Å². The Kier molecular flexibility index (Phi) is 8.13. The van der Waals surface area contributed by atoms with Gasteiger partial charge in [-0.05, 0) is 49.6 Å². The van der Waals surface area contributed by atoms with Crippen LogP contribution in [0.2, 0.25) is 5.02 Å². The number of hydrogen-bond acceptors (Lipinski definition) is 5. The fourth-order valence-corrected chi connectivity index (χ4v) is 5.30. The van der Waals surface area contributed by atoms with Crippen molar-refractivity contribution >= 4 is 34.6 Å². The van der Waals surface area contributed by atoms with E-state index in [0.29, 0.717) is 29.6 Å². The third kappa shape index (κ3) is 5.80. The number of carbonyl (C=O) groups is 1. The van der Waals surface area contributed by atoms with E-state index in [-0.39, 0.29) is 19.3 Å². The number of hydrogen-bond donors (Lipinski definition) is 1. The van der Waals surface area contributed by atoms with Crippen LogP contribution in [0.3, 0.4) is 0 Å². The average molecular weight is 530 g/mol. The molecule has 1 aliphatic rings. The molecule has 2 aromatic carbocycles. The van der Waals surface area contributed by atoms with Crippen LogP contribution in [-0.2, 0) is 28.1 Å². The zero-order valence-electron chi connectivity index (χ0n) is 20.0. The molecule has 2 heterocycles. The number of pyridine rings is 1. The largest absolute Gasteiger partial charge is 0.475 e. The normalized spacial score (nSPS) is 18.2. The number of ether oxygens (including phenoxy) is 2. The second-order valence-electron chi connectivity index (χ2n) is 8.80. The zero-order valence-corrected chi connectivity index (χ0v) is 21.6. The van der Waals surface area contributed by atoms with Crippen LogP contribution in [0.4, 0.5) is 10.5 Å². The SMILES string of the molecule is CC(C)Oc1ccc(N(S(=O)O)C2(c3ccc(Cl)cc3)CCN(C(=O)OCc3ccccc3)C2)cn1. The molecule has 0 bridgehead atoms. The first kappa shape index (κ1) is 25.9. The maximum absolute atomic E-state index is 13.0. The number of benzene rings is 2.